The van der Waals surface area contributed by atoms with E-state index >= 15 is 0 Å². The molecule has 10 rings (SSSR count). The van der Waals surface area contributed by atoms with E-state index < -0.39 is 11.4 Å². The van der Waals surface area contributed by atoms with Crippen molar-refractivity contribution in [2.24, 2.45) is 0 Å². The van der Waals surface area contributed by atoms with Crippen molar-refractivity contribution in [3.05, 3.63) is 248 Å². The highest BCUT2D eigenvalue weighted by molar-refractivity contribution is 5.82. The van der Waals surface area contributed by atoms with Crippen LogP contribution in [0.15, 0.2) is 225 Å². The summed E-state index contributed by atoms with van der Waals surface area (Å²) in [5, 5.41) is 0.883. The molecule has 286 valence electrons. The summed E-state index contributed by atoms with van der Waals surface area (Å²) < 4.78 is 5.61. The van der Waals surface area contributed by atoms with Gasteiger partial charge in [0.05, 0.1) is 44.6 Å². The second-order valence-electron chi connectivity index (χ2n) is 14.5. The van der Waals surface area contributed by atoms with E-state index in [0.717, 1.165) is 33.4 Å². The number of fused-ring (bicyclic) bond motifs is 2. The third-order valence-electron chi connectivity index (χ3n) is 11.0. The van der Waals surface area contributed by atoms with Crippen molar-refractivity contribution < 1.29 is 0 Å². The van der Waals surface area contributed by atoms with Gasteiger partial charge in [-0.15, -0.1) is 0 Å². The van der Waals surface area contributed by atoms with Crippen LogP contribution in [0.1, 0.15) is 0 Å². The van der Waals surface area contributed by atoms with E-state index in [0.29, 0.717) is 44.6 Å². The predicted molar refractivity (Wildman–Crippen MR) is 240 cm³/mol. The summed E-state index contributed by atoms with van der Waals surface area (Å²) in [6.45, 7) is 0. The van der Waals surface area contributed by atoms with Crippen molar-refractivity contribution in [1.29, 1.82) is 0 Å². The summed E-state index contributed by atoms with van der Waals surface area (Å²) in [5.74, 6) is 0. The molecule has 8 heteroatoms. The molecule has 8 aromatic carbocycles. The maximum absolute atomic E-state index is 14.2. The number of rotatable bonds is 7. The molecule has 2 heterocycles. The van der Waals surface area contributed by atoms with Crippen LogP contribution in [0.3, 0.4) is 0 Å². The van der Waals surface area contributed by atoms with Crippen LogP contribution < -0.4 is 22.5 Å². The number of hydrogen-bond donors (Lipinski definition) is 0. The van der Waals surface area contributed by atoms with E-state index in [9.17, 15) is 19.2 Å². The molecule has 0 N–H and O–H groups in total. The highest BCUT2D eigenvalue weighted by Crippen LogP contribution is 2.28. The molecule has 0 radical (unpaired) electrons. The van der Waals surface area contributed by atoms with Crippen LogP contribution in [0.2, 0.25) is 0 Å². The lowest BCUT2D eigenvalue weighted by molar-refractivity contribution is 0.834. The Labute approximate surface area is 343 Å². The molecule has 0 saturated heterocycles. The van der Waals surface area contributed by atoms with Gasteiger partial charge in [0, 0.05) is 0 Å². The fourth-order valence-electron chi connectivity index (χ4n) is 7.95. The Morgan fingerprint density at radius 2 is 0.500 bits per heavy atom. The van der Waals surface area contributed by atoms with Crippen LogP contribution in [-0.4, -0.2) is 18.3 Å². The Balaban J connectivity index is 0.948. The molecule has 0 atom stereocenters. The molecular weight excluding hydrogens is 745 g/mol. The summed E-state index contributed by atoms with van der Waals surface area (Å²) in [7, 11) is 0. The lowest BCUT2D eigenvalue weighted by atomic mass is 10.00. The monoisotopic (exact) mass is 778 g/mol. The molecule has 0 aliphatic heterocycles. The first-order valence-corrected chi connectivity index (χ1v) is 19.5. The van der Waals surface area contributed by atoms with Gasteiger partial charge in [0.15, 0.2) is 0 Å². The van der Waals surface area contributed by atoms with Gasteiger partial charge in [-0.05, 0) is 106 Å². The van der Waals surface area contributed by atoms with Gasteiger partial charge in [0.2, 0.25) is 0 Å². The van der Waals surface area contributed by atoms with E-state index in [1.54, 1.807) is 69.8 Å². The van der Waals surface area contributed by atoms with Gasteiger partial charge in [-0.25, -0.2) is 18.7 Å². The van der Waals surface area contributed by atoms with Gasteiger partial charge < -0.3 is 0 Å². The minimum absolute atomic E-state index is 0.375. The lowest BCUT2D eigenvalue weighted by Gasteiger charge is -2.15. The van der Waals surface area contributed by atoms with Crippen LogP contribution in [0.25, 0.3) is 77.9 Å². The zero-order valence-electron chi connectivity index (χ0n) is 32.1. The molecule has 8 nitrogen and oxygen atoms in total. The molecule has 10 aromatic rings. The highest BCUT2D eigenvalue weighted by atomic mass is 16.2. The smallest absolute Gasteiger partial charge is 0.268 e. The third kappa shape index (κ3) is 6.20. The normalized spacial score (nSPS) is 11.3. The fraction of sp³-hybridized carbons (Fsp3) is 0. The summed E-state index contributed by atoms with van der Waals surface area (Å²) in [5.41, 5.74) is 7.55. The number of nitrogens with zero attached hydrogens (tertiary/aromatic N) is 4. The van der Waals surface area contributed by atoms with Gasteiger partial charge in [-0.1, -0.05) is 133 Å². The number of benzene rings is 8. The van der Waals surface area contributed by atoms with Crippen LogP contribution in [-0.2, 0) is 0 Å². The molecule has 0 aliphatic carbocycles. The zero-order chi connectivity index (χ0) is 40.7. The summed E-state index contributed by atoms with van der Waals surface area (Å²) >= 11 is 0. The summed E-state index contributed by atoms with van der Waals surface area (Å²) in [6, 6.07) is 64.3. The van der Waals surface area contributed by atoms with Gasteiger partial charge in [0.25, 0.3) is 11.1 Å². The minimum Gasteiger partial charge on any atom is -0.268 e. The van der Waals surface area contributed by atoms with E-state index in [4.69, 9.17) is 0 Å². The average Bonchev–Trinajstić information content (AvgIpc) is 3.31. The molecule has 60 heavy (non-hydrogen) atoms. The molecule has 0 spiro atoms. The standard InChI is InChI=1S/C52H34N4O4/c57-49-45-15-7-9-17-47(45)53(41-13-5-2-6-14-41)51(59)55(49)44-33-27-40(28-34-44)37-21-19-36(20-22-37)39-23-29-42(30-24-39)54-48-18-10-8-16-46(48)50(58)56(52(54)60)43-31-25-38(26-32-43)35-11-3-1-4-12-35/h1-34H. The number of aromatic nitrogens is 4. The Morgan fingerprint density at radius 3 is 0.883 bits per heavy atom. The summed E-state index contributed by atoms with van der Waals surface area (Å²) in [6.07, 6.45) is 0. The van der Waals surface area contributed by atoms with Gasteiger partial charge in [-0.3, -0.25) is 18.7 Å². The highest BCUT2D eigenvalue weighted by Gasteiger charge is 2.18. The molecule has 0 amide bonds. The first-order chi connectivity index (χ1) is 29.4. The molecule has 0 fully saturated rings. The fourth-order valence-corrected chi connectivity index (χ4v) is 7.95. The van der Waals surface area contributed by atoms with Crippen molar-refractivity contribution in [1.82, 2.24) is 18.3 Å². The lowest BCUT2D eigenvalue weighted by Crippen LogP contribution is -2.38. The zero-order valence-corrected chi connectivity index (χ0v) is 32.1. The quantitative estimate of drug-likeness (QED) is 0.161. The third-order valence-corrected chi connectivity index (χ3v) is 11.0. The molecule has 0 aliphatic rings. The van der Waals surface area contributed by atoms with E-state index in [2.05, 4.69) is 0 Å². The van der Waals surface area contributed by atoms with Crippen LogP contribution >= 0.6 is 0 Å². The predicted octanol–water partition coefficient (Wildman–Crippen LogP) is 9.60. The van der Waals surface area contributed by atoms with Gasteiger partial charge >= 0.3 is 11.4 Å². The SMILES string of the molecule is O=c1c2ccccc2n(-c2ccccc2)c(=O)n1-c1ccc(-c2ccc(-c3ccc(-n4c(=O)n(-c5ccc(-c6ccccc6)cc5)c(=O)c5ccccc54)cc3)cc2)cc1. The van der Waals surface area contributed by atoms with Crippen molar-refractivity contribution >= 4 is 21.8 Å². The van der Waals surface area contributed by atoms with Crippen molar-refractivity contribution in [3.8, 4) is 56.1 Å². The van der Waals surface area contributed by atoms with Gasteiger partial charge in [0.1, 0.15) is 0 Å². The largest absolute Gasteiger partial charge is 0.340 e. The summed E-state index contributed by atoms with van der Waals surface area (Å²) in [4.78, 5) is 55.7. The Kier molecular flexibility index (Phi) is 8.92. The Morgan fingerprint density at radius 1 is 0.233 bits per heavy atom. The van der Waals surface area contributed by atoms with Crippen molar-refractivity contribution in [3.63, 3.8) is 0 Å². The van der Waals surface area contributed by atoms with E-state index in [-0.39, 0.29) is 11.1 Å². The minimum atomic E-state index is -0.457. The van der Waals surface area contributed by atoms with Crippen molar-refractivity contribution in [2.45, 2.75) is 0 Å². The topological polar surface area (TPSA) is 88.0 Å². The Hall–Kier alpha value is -8.36. The first kappa shape index (κ1) is 36.0. The maximum atomic E-state index is 14.2. The van der Waals surface area contributed by atoms with Crippen LogP contribution in [0.4, 0.5) is 0 Å². The molecule has 2 aromatic heterocycles. The van der Waals surface area contributed by atoms with Crippen LogP contribution in [0.5, 0.6) is 0 Å². The second-order valence-corrected chi connectivity index (χ2v) is 14.5. The molecular formula is C52H34N4O4. The van der Waals surface area contributed by atoms with E-state index in [1.807, 2.05) is 146 Å². The Bertz CT molecular complexity index is 3460. The number of hydrogen-bond acceptors (Lipinski definition) is 4. The molecule has 0 bridgehead atoms. The second kappa shape index (κ2) is 14.9. The molecule has 0 saturated carbocycles. The molecule has 0 unspecified atom stereocenters. The maximum Gasteiger partial charge on any atom is 0.340 e. The number of para-hydroxylation sites is 3. The van der Waals surface area contributed by atoms with E-state index in [1.165, 1.54) is 9.13 Å². The van der Waals surface area contributed by atoms with Crippen LogP contribution in [0, 0.1) is 0 Å². The van der Waals surface area contributed by atoms with Crippen molar-refractivity contribution in [2.75, 3.05) is 0 Å². The average molecular weight is 779 g/mol. The van der Waals surface area contributed by atoms with Gasteiger partial charge in [-0.2, -0.15) is 0 Å². The first-order valence-electron chi connectivity index (χ1n) is 19.5.